The lowest BCUT2D eigenvalue weighted by molar-refractivity contribution is -0.129. The Hall–Kier alpha value is -2.34. The molecule has 2 heterocycles. The Labute approximate surface area is 182 Å². The third kappa shape index (κ3) is 3.66. The number of thiophene rings is 1. The lowest BCUT2D eigenvalue weighted by atomic mass is 10.0. The molecule has 2 aromatic carbocycles. The highest BCUT2D eigenvalue weighted by Gasteiger charge is 2.28. The van der Waals surface area contributed by atoms with Crippen LogP contribution in [-0.2, 0) is 9.53 Å². The van der Waals surface area contributed by atoms with Crippen LogP contribution in [0.3, 0.4) is 0 Å². The molecule has 0 N–H and O–H groups in total. The Morgan fingerprint density at radius 3 is 2.48 bits per heavy atom. The van der Waals surface area contributed by atoms with Gasteiger partial charge in [-0.1, -0.05) is 61.3 Å². The summed E-state index contributed by atoms with van der Waals surface area (Å²) in [6.07, 6.45) is 1.71. The number of ether oxygens (including phenoxy) is 2. The number of aliphatic imine (C=N–C) groups is 1. The van der Waals surface area contributed by atoms with Crippen molar-refractivity contribution in [3.63, 3.8) is 0 Å². The minimum Gasteiger partial charge on any atom is -0.495 e. The summed E-state index contributed by atoms with van der Waals surface area (Å²) < 4.78 is 11.4. The number of fused-ring (bicyclic) bond motifs is 1. The molecular formula is C22H17Cl2NO3S. The number of cyclic esters (lactones) is 1. The average molecular weight is 446 g/mol. The summed E-state index contributed by atoms with van der Waals surface area (Å²) in [6, 6.07) is 11.6. The Morgan fingerprint density at radius 2 is 1.83 bits per heavy atom. The molecule has 0 spiro atoms. The van der Waals surface area contributed by atoms with Crippen LogP contribution in [0, 0.1) is 0 Å². The number of carbonyl (C=O) groups excluding carboxylic acids is 1. The smallest absolute Gasteiger partial charge is 0.363 e. The van der Waals surface area contributed by atoms with Crippen molar-refractivity contribution < 1.29 is 14.3 Å². The van der Waals surface area contributed by atoms with Gasteiger partial charge in [-0.25, -0.2) is 9.79 Å². The number of nitrogens with zero attached hydrogens (tertiary/aromatic N) is 1. The highest BCUT2D eigenvalue weighted by molar-refractivity contribution is 7.22. The zero-order chi connectivity index (χ0) is 20.7. The molecule has 1 aliphatic rings. The van der Waals surface area contributed by atoms with Gasteiger partial charge in [-0.15, -0.1) is 11.3 Å². The quantitative estimate of drug-likeness (QED) is 0.332. The molecule has 1 aliphatic heterocycles. The van der Waals surface area contributed by atoms with Crippen LogP contribution >= 0.6 is 34.5 Å². The SMILES string of the molecule is COc1ccc2c(Cl)c(C3=N/C(=C\c4ccc(C(C)C)cc4)C(=O)O3)sc2c1Cl. The van der Waals surface area contributed by atoms with E-state index in [1.807, 2.05) is 30.3 Å². The number of methoxy groups -OCH3 is 1. The number of benzene rings is 2. The maximum Gasteiger partial charge on any atom is 0.363 e. The fourth-order valence-corrected chi connectivity index (χ4v) is 4.83. The van der Waals surface area contributed by atoms with Crippen LogP contribution < -0.4 is 4.74 Å². The fraction of sp³-hybridized carbons (Fsp3) is 0.182. The second-order valence-electron chi connectivity index (χ2n) is 6.86. The molecule has 3 aromatic rings. The number of carbonyl (C=O) groups is 1. The van der Waals surface area contributed by atoms with Gasteiger partial charge in [-0.2, -0.15) is 0 Å². The van der Waals surface area contributed by atoms with Crippen molar-refractivity contribution in [1.29, 1.82) is 0 Å². The number of halogens is 2. The number of hydrogen-bond acceptors (Lipinski definition) is 5. The molecule has 0 saturated heterocycles. The van der Waals surface area contributed by atoms with E-state index in [0.29, 0.717) is 26.6 Å². The summed E-state index contributed by atoms with van der Waals surface area (Å²) in [6.45, 7) is 4.27. The van der Waals surface area contributed by atoms with E-state index in [1.165, 1.54) is 16.9 Å². The van der Waals surface area contributed by atoms with E-state index < -0.39 is 5.97 Å². The van der Waals surface area contributed by atoms with Gasteiger partial charge < -0.3 is 9.47 Å². The molecular weight excluding hydrogens is 429 g/mol. The van der Waals surface area contributed by atoms with Gasteiger partial charge >= 0.3 is 5.97 Å². The van der Waals surface area contributed by atoms with Crippen molar-refractivity contribution in [2.45, 2.75) is 19.8 Å². The summed E-state index contributed by atoms with van der Waals surface area (Å²) in [5.41, 5.74) is 2.34. The monoisotopic (exact) mass is 445 g/mol. The van der Waals surface area contributed by atoms with Crippen molar-refractivity contribution in [2.75, 3.05) is 7.11 Å². The third-order valence-electron chi connectivity index (χ3n) is 4.64. The first-order chi connectivity index (χ1) is 13.9. The number of rotatable bonds is 4. The Kier molecular flexibility index (Phi) is 5.38. The van der Waals surface area contributed by atoms with Crippen molar-refractivity contribution >= 4 is 62.6 Å². The van der Waals surface area contributed by atoms with Crippen LogP contribution in [0.25, 0.3) is 16.2 Å². The van der Waals surface area contributed by atoms with Crippen LogP contribution in [0.5, 0.6) is 5.75 Å². The topological polar surface area (TPSA) is 47.9 Å². The summed E-state index contributed by atoms with van der Waals surface area (Å²) in [5.74, 6) is 0.671. The van der Waals surface area contributed by atoms with Gasteiger partial charge in [0.2, 0.25) is 5.90 Å². The van der Waals surface area contributed by atoms with Gasteiger partial charge in [0, 0.05) is 5.39 Å². The van der Waals surface area contributed by atoms with Crippen LogP contribution in [0.2, 0.25) is 10.0 Å². The molecule has 1 aromatic heterocycles. The molecule has 0 atom stereocenters. The van der Waals surface area contributed by atoms with Gasteiger partial charge in [0.25, 0.3) is 0 Å². The van der Waals surface area contributed by atoms with E-state index in [1.54, 1.807) is 19.3 Å². The molecule has 0 amide bonds. The van der Waals surface area contributed by atoms with Gasteiger partial charge in [-0.3, -0.25) is 0 Å². The number of hydrogen-bond donors (Lipinski definition) is 0. The molecule has 0 unspecified atom stereocenters. The van der Waals surface area contributed by atoms with E-state index in [2.05, 4.69) is 18.8 Å². The lowest BCUT2D eigenvalue weighted by Crippen LogP contribution is -2.04. The Bertz CT molecular complexity index is 1180. The normalized spacial score (nSPS) is 15.3. The van der Waals surface area contributed by atoms with Crippen LogP contribution in [0.1, 0.15) is 35.8 Å². The summed E-state index contributed by atoms with van der Waals surface area (Å²) >= 11 is 14.2. The van der Waals surface area contributed by atoms with Gasteiger partial charge in [-0.05, 0) is 35.3 Å². The molecule has 148 valence electrons. The summed E-state index contributed by atoms with van der Waals surface area (Å²) in [7, 11) is 1.55. The maximum atomic E-state index is 12.3. The highest BCUT2D eigenvalue weighted by Crippen LogP contribution is 2.44. The molecule has 0 bridgehead atoms. The molecule has 0 aliphatic carbocycles. The van der Waals surface area contributed by atoms with Crippen molar-refractivity contribution in [2.24, 2.45) is 4.99 Å². The van der Waals surface area contributed by atoms with Crippen molar-refractivity contribution in [3.05, 3.63) is 68.1 Å². The first-order valence-corrected chi connectivity index (χ1v) is 10.5. The first-order valence-electron chi connectivity index (χ1n) is 8.96. The zero-order valence-electron chi connectivity index (χ0n) is 16.0. The molecule has 4 nitrogen and oxygen atoms in total. The van der Waals surface area contributed by atoms with Crippen LogP contribution in [-0.4, -0.2) is 19.0 Å². The zero-order valence-corrected chi connectivity index (χ0v) is 18.3. The molecule has 0 radical (unpaired) electrons. The largest absolute Gasteiger partial charge is 0.495 e. The standard InChI is InChI=1S/C22H17Cl2NO3S/c1-11(2)13-6-4-12(5-7-13)10-15-22(26)28-21(25-15)20-17(23)14-8-9-16(27-3)18(24)19(14)29-20/h4-11H,1-3H3/b15-10-. The molecule has 0 saturated carbocycles. The molecule has 7 heteroatoms. The molecule has 4 rings (SSSR count). The maximum absolute atomic E-state index is 12.3. The summed E-state index contributed by atoms with van der Waals surface area (Å²) in [4.78, 5) is 17.3. The van der Waals surface area contributed by atoms with E-state index in [0.717, 1.165) is 15.6 Å². The van der Waals surface area contributed by atoms with Crippen molar-refractivity contribution in [1.82, 2.24) is 0 Å². The minimum atomic E-state index is -0.509. The lowest BCUT2D eigenvalue weighted by Gasteiger charge is -2.04. The molecule has 29 heavy (non-hydrogen) atoms. The highest BCUT2D eigenvalue weighted by atomic mass is 35.5. The minimum absolute atomic E-state index is 0.182. The van der Waals surface area contributed by atoms with Gasteiger partial charge in [0.1, 0.15) is 15.6 Å². The second kappa shape index (κ2) is 7.82. The Morgan fingerprint density at radius 1 is 1.10 bits per heavy atom. The fourth-order valence-electron chi connectivity index (χ4n) is 3.02. The van der Waals surface area contributed by atoms with Crippen molar-refractivity contribution in [3.8, 4) is 5.75 Å². The Balaban J connectivity index is 1.72. The summed E-state index contributed by atoms with van der Waals surface area (Å²) in [5, 5.41) is 1.68. The van der Waals surface area contributed by atoms with E-state index >= 15 is 0 Å². The van der Waals surface area contributed by atoms with E-state index in [-0.39, 0.29) is 11.6 Å². The number of esters is 1. The first kappa shape index (κ1) is 20.0. The van der Waals surface area contributed by atoms with E-state index in [4.69, 9.17) is 32.7 Å². The predicted octanol–water partition coefficient (Wildman–Crippen LogP) is 6.68. The third-order valence-corrected chi connectivity index (χ3v) is 6.85. The second-order valence-corrected chi connectivity index (χ2v) is 8.64. The van der Waals surface area contributed by atoms with Gasteiger partial charge in [0.15, 0.2) is 5.70 Å². The average Bonchev–Trinajstić information content (AvgIpc) is 3.23. The van der Waals surface area contributed by atoms with Crippen LogP contribution in [0.15, 0.2) is 47.1 Å². The predicted molar refractivity (Wildman–Crippen MR) is 120 cm³/mol. The van der Waals surface area contributed by atoms with E-state index in [9.17, 15) is 4.79 Å². The van der Waals surface area contributed by atoms with Gasteiger partial charge in [0.05, 0.1) is 16.8 Å². The molecule has 0 fully saturated rings. The van der Waals surface area contributed by atoms with Crippen LogP contribution in [0.4, 0.5) is 0 Å².